The van der Waals surface area contributed by atoms with Crippen LogP contribution in [0.15, 0.2) is 24.3 Å². The minimum Gasteiger partial charge on any atom is -0.465 e. The third-order valence-corrected chi connectivity index (χ3v) is 4.42. The third-order valence-electron chi connectivity index (χ3n) is 4.19. The zero-order chi connectivity index (χ0) is 18.2. The van der Waals surface area contributed by atoms with Gasteiger partial charge in [-0.05, 0) is 30.5 Å². The van der Waals surface area contributed by atoms with Gasteiger partial charge in [-0.15, -0.1) is 0 Å². The van der Waals surface area contributed by atoms with Gasteiger partial charge in [0.25, 0.3) is 0 Å². The molecule has 1 aliphatic heterocycles. The number of amides is 2. The predicted molar refractivity (Wildman–Crippen MR) is 92.9 cm³/mol. The standard InChI is InChI=1S/C17H23ClN2O5/c1-24-16(21)19-7-9-25-15(12-4-2-6-14(18)10-12)13-5-3-8-20(11-13)17(22)23/h2,4,6,10,13,15H,3,5,7-9,11H2,1H3,(H,19,21)(H,22,23). The molecule has 1 heterocycles. The smallest absolute Gasteiger partial charge is 0.407 e. The molecule has 0 spiro atoms. The van der Waals surface area contributed by atoms with E-state index in [1.165, 1.54) is 12.0 Å². The maximum absolute atomic E-state index is 11.3. The summed E-state index contributed by atoms with van der Waals surface area (Å²) in [7, 11) is 1.30. The number of likely N-dealkylation sites (tertiary alicyclic amines) is 1. The van der Waals surface area contributed by atoms with Crippen LogP contribution in [0.1, 0.15) is 24.5 Å². The molecule has 138 valence electrons. The second-order valence-electron chi connectivity index (χ2n) is 5.90. The monoisotopic (exact) mass is 370 g/mol. The number of carboxylic acid groups (broad SMARTS) is 1. The molecule has 2 atom stereocenters. The third kappa shape index (κ3) is 5.79. The lowest BCUT2D eigenvalue weighted by molar-refractivity contribution is -0.0117. The number of halogens is 1. The summed E-state index contributed by atoms with van der Waals surface area (Å²) in [6.07, 6.45) is -0.0664. The fourth-order valence-electron chi connectivity index (χ4n) is 3.03. The first-order valence-corrected chi connectivity index (χ1v) is 8.56. The average Bonchev–Trinajstić information content (AvgIpc) is 2.61. The van der Waals surface area contributed by atoms with Crippen molar-refractivity contribution in [2.24, 2.45) is 5.92 Å². The summed E-state index contributed by atoms with van der Waals surface area (Å²) in [6, 6.07) is 7.38. The van der Waals surface area contributed by atoms with E-state index >= 15 is 0 Å². The molecule has 2 N–H and O–H groups in total. The number of nitrogens with zero attached hydrogens (tertiary/aromatic N) is 1. The van der Waals surface area contributed by atoms with Gasteiger partial charge in [-0.3, -0.25) is 0 Å². The van der Waals surface area contributed by atoms with Crippen molar-refractivity contribution in [2.45, 2.75) is 18.9 Å². The molecule has 1 aromatic carbocycles. The Morgan fingerprint density at radius 3 is 2.96 bits per heavy atom. The van der Waals surface area contributed by atoms with Gasteiger partial charge >= 0.3 is 12.2 Å². The van der Waals surface area contributed by atoms with Crippen LogP contribution in [0, 0.1) is 5.92 Å². The number of nitrogens with one attached hydrogen (secondary N) is 1. The topological polar surface area (TPSA) is 88.1 Å². The SMILES string of the molecule is COC(=O)NCCOC(c1cccc(Cl)c1)C1CCCN(C(=O)O)C1. The van der Waals surface area contributed by atoms with Crippen molar-refractivity contribution in [3.8, 4) is 0 Å². The number of piperidine rings is 1. The van der Waals surface area contributed by atoms with E-state index in [2.05, 4.69) is 10.1 Å². The van der Waals surface area contributed by atoms with Crippen LogP contribution in [0.25, 0.3) is 0 Å². The number of methoxy groups -OCH3 is 1. The number of alkyl carbamates (subject to hydrolysis) is 1. The van der Waals surface area contributed by atoms with E-state index in [0.717, 1.165) is 18.4 Å². The molecule has 2 unspecified atom stereocenters. The summed E-state index contributed by atoms with van der Waals surface area (Å²) in [4.78, 5) is 23.8. The molecule has 8 heteroatoms. The molecule has 0 aliphatic carbocycles. The molecule has 0 radical (unpaired) electrons. The fraction of sp³-hybridized carbons (Fsp3) is 0.529. The molecule has 0 aromatic heterocycles. The zero-order valence-corrected chi connectivity index (χ0v) is 14.9. The highest BCUT2D eigenvalue weighted by molar-refractivity contribution is 6.30. The van der Waals surface area contributed by atoms with Crippen LogP contribution in [0.4, 0.5) is 9.59 Å². The Labute approximate surface area is 151 Å². The van der Waals surface area contributed by atoms with E-state index in [0.29, 0.717) is 24.7 Å². The van der Waals surface area contributed by atoms with Crippen molar-refractivity contribution >= 4 is 23.8 Å². The van der Waals surface area contributed by atoms with E-state index in [-0.39, 0.29) is 18.6 Å². The number of rotatable bonds is 6. The van der Waals surface area contributed by atoms with Crippen LogP contribution < -0.4 is 5.32 Å². The Hall–Kier alpha value is -1.99. The summed E-state index contributed by atoms with van der Waals surface area (Å²) in [6.45, 7) is 1.55. The van der Waals surface area contributed by atoms with Gasteiger partial charge in [0.05, 0.1) is 19.8 Å². The lowest BCUT2D eigenvalue weighted by Crippen LogP contribution is -2.41. The van der Waals surface area contributed by atoms with Crippen LogP contribution in [0.3, 0.4) is 0 Å². The molecular weight excluding hydrogens is 348 g/mol. The van der Waals surface area contributed by atoms with Gasteiger partial charge in [0.1, 0.15) is 0 Å². The molecule has 2 rings (SSSR count). The van der Waals surface area contributed by atoms with Gasteiger partial charge in [-0.2, -0.15) is 0 Å². The van der Waals surface area contributed by atoms with E-state index in [4.69, 9.17) is 16.3 Å². The number of hydrogen-bond acceptors (Lipinski definition) is 4. The second-order valence-corrected chi connectivity index (χ2v) is 6.33. The molecule has 2 amide bonds. The van der Waals surface area contributed by atoms with Crippen LogP contribution in [-0.4, -0.2) is 55.5 Å². The Bertz CT molecular complexity index is 598. The summed E-state index contributed by atoms with van der Waals surface area (Å²) in [5.41, 5.74) is 0.905. The maximum atomic E-state index is 11.3. The average molecular weight is 371 g/mol. The number of carbonyl (C=O) groups is 2. The first-order valence-electron chi connectivity index (χ1n) is 8.18. The molecular formula is C17H23ClN2O5. The van der Waals surface area contributed by atoms with E-state index < -0.39 is 12.2 Å². The number of carbonyl (C=O) groups excluding carboxylic acids is 1. The van der Waals surface area contributed by atoms with Crippen molar-refractivity contribution in [3.05, 3.63) is 34.9 Å². The predicted octanol–water partition coefficient (Wildman–Crippen LogP) is 3.14. The quantitative estimate of drug-likeness (QED) is 0.751. The van der Waals surface area contributed by atoms with Crippen molar-refractivity contribution in [2.75, 3.05) is 33.4 Å². The van der Waals surface area contributed by atoms with Crippen LogP contribution in [-0.2, 0) is 9.47 Å². The number of benzene rings is 1. The minimum atomic E-state index is -0.915. The molecule has 1 aliphatic rings. The molecule has 25 heavy (non-hydrogen) atoms. The highest BCUT2D eigenvalue weighted by Gasteiger charge is 2.31. The van der Waals surface area contributed by atoms with Gasteiger partial charge in [0.2, 0.25) is 0 Å². The van der Waals surface area contributed by atoms with Crippen molar-refractivity contribution in [1.82, 2.24) is 10.2 Å². The first kappa shape index (κ1) is 19.3. The summed E-state index contributed by atoms with van der Waals surface area (Å²) in [5.74, 6) is 0.0291. The lowest BCUT2D eigenvalue weighted by Gasteiger charge is -2.35. The van der Waals surface area contributed by atoms with Crippen LogP contribution in [0.2, 0.25) is 5.02 Å². The summed E-state index contributed by atoms with van der Waals surface area (Å²) in [5, 5.41) is 12.4. The van der Waals surface area contributed by atoms with Crippen molar-refractivity contribution < 1.29 is 24.2 Å². The Kier molecular flexibility index (Phi) is 7.33. The normalized spacial score (nSPS) is 18.5. The largest absolute Gasteiger partial charge is 0.465 e. The van der Waals surface area contributed by atoms with Gasteiger partial charge in [0, 0.05) is 30.6 Å². The van der Waals surface area contributed by atoms with Crippen molar-refractivity contribution in [1.29, 1.82) is 0 Å². The highest BCUT2D eigenvalue weighted by atomic mass is 35.5. The summed E-state index contributed by atoms with van der Waals surface area (Å²) < 4.78 is 10.5. The van der Waals surface area contributed by atoms with E-state index in [1.807, 2.05) is 18.2 Å². The van der Waals surface area contributed by atoms with Gasteiger partial charge in [0.15, 0.2) is 0 Å². The molecule has 1 fully saturated rings. The van der Waals surface area contributed by atoms with Crippen LogP contribution in [0.5, 0.6) is 0 Å². The van der Waals surface area contributed by atoms with E-state index in [1.54, 1.807) is 6.07 Å². The molecule has 1 aromatic rings. The van der Waals surface area contributed by atoms with E-state index in [9.17, 15) is 14.7 Å². The lowest BCUT2D eigenvalue weighted by atomic mass is 9.88. The second kappa shape index (κ2) is 9.48. The van der Waals surface area contributed by atoms with Gasteiger partial charge in [-0.25, -0.2) is 9.59 Å². The fourth-order valence-corrected chi connectivity index (χ4v) is 3.23. The van der Waals surface area contributed by atoms with Gasteiger partial charge < -0.3 is 24.8 Å². The van der Waals surface area contributed by atoms with Crippen LogP contribution >= 0.6 is 11.6 Å². The highest BCUT2D eigenvalue weighted by Crippen LogP contribution is 2.33. The first-order chi connectivity index (χ1) is 12.0. The number of hydrogen-bond donors (Lipinski definition) is 2. The Morgan fingerprint density at radius 2 is 2.28 bits per heavy atom. The molecule has 0 saturated carbocycles. The summed E-state index contributed by atoms with van der Waals surface area (Å²) >= 11 is 6.10. The van der Waals surface area contributed by atoms with Crippen molar-refractivity contribution in [3.63, 3.8) is 0 Å². The Morgan fingerprint density at radius 1 is 1.48 bits per heavy atom. The minimum absolute atomic E-state index is 0.0291. The number of ether oxygens (including phenoxy) is 2. The zero-order valence-electron chi connectivity index (χ0n) is 14.1. The molecule has 1 saturated heterocycles. The molecule has 7 nitrogen and oxygen atoms in total. The maximum Gasteiger partial charge on any atom is 0.407 e. The van der Waals surface area contributed by atoms with Gasteiger partial charge in [-0.1, -0.05) is 23.7 Å². The Balaban J connectivity index is 2.06. The molecule has 0 bridgehead atoms.